The van der Waals surface area contributed by atoms with Crippen molar-refractivity contribution in [3.63, 3.8) is 0 Å². The molecular formula is C45H40. The zero-order valence-electron chi connectivity index (χ0n) is 26.4. The minimum absolute atomic E-state index is 0.0113. The van der Waals surface area contributed by atoms with Crippen LogP contribution in [0, 0.1) is 17.8 Å². The van der Waals surface area contributed by atoms with Gasteiger partial charge in [0.2, 0.25) is 0 Å². The van der Waals surface area contributed by atoms with Gasteiger partial charge in [0.25, 0.3) is 0 Å². The Morgan fingerprint density at radius 1 is 0.467 bits per heavy atom. The molecule has 0 spiro atoms. The average molecular weight is 581 g/mol. The maximum atomic E-state index is 2.53. The third-order valence-corrected chi connectivity index (χ3v) is 12.6. The summed E-state index contributed by atoms with van der Waals surface area (Å²) in [6.07, 6.45) is 8.54. The van der Waals surface area contributed by atoms with Crippen LogP contribution < -0.4 is 0 Å². The molecule has 0 saturated heterocycles. The predicted octanol–water partition coefficient (Wildman–Crippen LogP) is 12.1. The van der Waals surface area contributed by atoms with E-state index in [1.165, 1.54) is 105 Å². The highest BCUT2D eigenvalue weighted by molar-refractivity contribution is 6.16. The van der Waals surface area contributed by atoms with Gasteiger partial charge in [-0.15, -0.1) is 0 Å². The van der Waals surface area contributed by atoms with Crippen molar-refractivity contribution in [2.45, 2.75) is 63.2 Å². The van der Waals surface area contributed by atoms with Gasteiger partial charge >= 0.3 is 0 Å². The molecule has 0 aliphatic heterocycles. The van der Waals surface area contributed by atoms with E-state index >= 15 is 0 Å². The standard InChI is InChI=1S/C45H40/c1-44(2)40-15-9-8-12-34(40)38-24-33(17-19-41(38)44)42-35-13-6-7-14-36(35)43(45-25-28-20-29(26-45)22-30(21-28)27-45)37-18-16-32(23-39(37)42)31-10-4-3-5-11-31/h3-19,23-24,28-30H,20-22,25-27H2,1-2H3. The zero-order chi connectivity index (χ0) is 29.9. The lowest BCUT2D eigenvalue weighted by atomic mass is 9.47. The summed E-state index contributed by atoms with van der Waals surface area (Å²) in [6, 6.07) is 44.3. The Morgan fingerprint density at radius 3 is 1.82 bits per heavy atom. The first-order chi connectivity index (χ1) is 22.0. The van der Waals surface area contributed by atoms with E-state index in [2.05, 4.69) is 129 Å². The summed E-state index contributed by atoms with van der Waals surface area (Å²) in [5, 5.41) is 5.83. The molecule has 6 aromatic rings. The minimum Gasteiger partial charge on any atom is -0.0622 e. The van der Waals surface area contributed by atoms with Crippen LogP contribution in [-0.4, -0.2) is 0 Å². The molecule has 0 heteroatoms. The third-order valence-electron chi connectivity index (χ3n) is 12.6. The Hall–Kier alpha value is -4.16. The summed E-state index contributed by atoms with van der Waals surface area (Å²) in [5.41, 5.74) is 13.0. The lowest BCUT2D eigenvalue weighted by Crippen LogP contribution is -2.48. The van der Waals surface area contributed by atoms with Crippen molar-refractivity contribution in [2.75, 3.05) is 0 Å². The van der Waals surface area contributed by atoms with Crippen molar-refractivity contribution < 1.29 is 0 Å². The van der Waals surface area contributed by atoms with E-state index in [4.69, 9.17) is 0 Å². The number of fused-ring (bicyclic) bond motifs is 5. The number of hydrogen-bond acceptors (Lipinski definition) is 0. The summed E-state index contributed by atoms with van der Waals surface area (Å²) < 4.78 is 0. The average Bonchev–Trinajstić information content (AvgIpc) is 3.28. The van der Waals surface area contributed by atoms with Gasteiger partial charge in [0.1, 0.15) is 0 Å². The lowest BCUT2D eigenvalue weighted by Gasteiger charge is -2.57. The molecule has 4 bridgehead atoms. The fourth-order valence-electron chi connectivity index (χ4n) is 11.2. The first-order valence-electron chi connectivity index (χ1n) is 17.3. The van der Waals surface area contributed by atoms with E-state index in [1.54, 1.807) is 5.56 Å². The van der Waals surface area contributed by atoms with Gasteiger partial charge in [0, 0.05) is 5.41 Å². The first kappa shape index (κ1) is 26.1. The van der Waals surface area contributed by atoms with E-state index in [1.807, 2.05) is 0 Å². The molecule has 0 unspecified atom stereocenters. The molecular weight excluding hydrogens is 540 g/mol. The number of benzene rings is 6. The van der Waals surface area contributed by atoms with Crippen molar-refractivity contribution in [3.05, 3.63) is 132 Å². The maximum absolute atomic E-state index is 2.53. The second-order valence-electron chi connectivity index (χ2n) is 15.6. The van der Waals surface area contributed by atoms with E-state index in [-0.39, 0.29) is 5.41 Å². The SMILES string of the molecule is CC1(C)c2ccccc2-c2cc(-c3c4ccccc4c(C45CC6CC(CC(C6)C4)C5)c4ccc(-c5ccccc5)cc34)ccc21. The summed E-state index contributed by atoms with van der Waals surface area (Å²) in [4.78, 5) is 0. The molecule has 6 aromatic carbocycles. The minimum atomic E-state index is 0.0113. The molecule has 0 atom stereocenters. The van der Waals surface area contributed by atoms with Crippen LogP contribution >= 0.6 is 0 Å². The second kappa shape index (κ2) is 9.20. The van der Waals surface area contributed by atoms with Crippen LogP contribution in [0.25, 0.3) is 54.9 Å². The molecule has 0 N–H and O–H groups in total. The highest BCUT2D eigenvalue weighted by atomic mass is 14.6. The van der Waals surface area contributed by atoms with Crippen LogP contribution in [0.1, 0.15) is 69.1 Å². The van der Waals surface area contributed by atoms with E-state index < -0.39 is 0 Å². The fourth-order valence-corrected chi connectivity index (χ4v) is 11.2. The van der Waals surface area contributed by atoms with Crippen LogP contribution in [0.4, 0.5) is 0 Å². The summed E-state index contributed by atoms with van der Waals surface area (Å²) >= 11 is 0. The Bertz CT molecular complexity index is 2130. The summed E-state index contributed by atoms with van der Waals surface area (Å²) in [5.74, 6) is 2.73. The normalized spacial score (nSPS) is 25.5. The number of hydrogen-bond donors (Lipinski definition) is 0. The molecule has 11 rings (SSSR count). The summed E-state index contributed by atoms with van der Waals surface area (Å²) in [6.45, 7) is 4.77. The topological polar surface area (TPSA) is 0 Å². The maximum Gasteiger partial charge on any atom is 0.0158 e. The van der Waals surface area contributed by atoms with Crippen molar-refractivity contribution in [1.29, 1.82) is 0 Å². The fraction of sp³-hybridized carbons (Fsp3) is 0.289. The van der Waals surface area contributed by atoms with Crippen LogP contribution in [0.3, 0.4) is 0 Å². The van der Waals surface area contributed by atoms with Gasteiger partial charge in [0.15, 0.2) is 0 Å². The molecule has 5 aliphatic carbocycles. The van der Waals surface area contributed by atoms with Crippen molar-refractivity contribution in [1.82, 2.24) is 0 Å². The zero-order valence-corrected chi connectivity index (χ0v) is 26.4. The van der Waals surface area contributed by atoms with Crippen LogP contribution in [-0.2, 0) is 10.8 Å². The van der Waals surface area contributed by atoms with Gasteiger partial charge < -0.3 is 0 Å². The Balaban J connectivity index is 1.29. The van der Waals surface area contributed by atoms with Gasteiger partial charge in [-0.3, -0.25) is 0 Å². The Labute approximate surface area is 267 Å². The Kier molecular flexibility index (Phi) is 5.33. The molecule has 0 radical (unpaired) electrons. The molecule has 0 nitrogen and oxygen atoms in total. The smallest absolute Gasteiger partial charge is 0.0158 e. The second-order valence-corrected chi connectivity index (χ2v) is 15.6. The van der Waals surface area contributed by atoms with Crippen molar-refractivity contribution in [2.24, 2.45) is 17.8 Å². The first-order valence-corrected chi connectivity index (χ1v) is 17.3. The molecule has 5 aliphatic rings. The largest absolute Gasteiger partial charge is 0.0622 e. The Morgan fingerprint density at radius 2 is 1.07 bits per heavy atom. The quantitative estimate of drug-likeness (QED) is 0.183. The van der Waals surface area contributed by atoms with Crippen LogP contribution in [0.15, 0.2) is 115 Å². The van der Waals surface area contributed by atoms with Gasteiger partial charge in [-0.05, 0) is 145 Å². The number of rotatable bonds is 3. The molecule has 0 heterocycles. The molecule has 0 amide bonds. The van der Waals surface area contributed by atoms with Gasteiger partial charge in [-0.1, -0.05) is 117 Å². The van der Waals surface area contributed by atoms with Crippen molar-refractivity contribution in [3.8, 4) is 33.4 Å². The molecule has 0 aromatic heterocycles. The molecule has 45 heavy (non-hydrogen) atoms. The van der Waals surface area contributed by atoms with E-state index in [0.717, 1.165) is 17.8 Å². The van der Waals surface area contributed by atoms with E-state index in [9.17, 15) is 0 Å². The highest BCUT2D eigenvalue weighted by Crippen LogP contribution is 2.63. The van der Waals surface area contributed by atoms with E-state index in [0.29, 0.717) is 5.41 Å². The van der Waals surface area contributed by atoms with Crippen LogP contribution in [0.2, 0.25) is 0 Å². The van der Waals surface area contributed by atoms with Crippen molar-refractivity contribution >= 4 is 21.5 Å². The lowest BCUT2D eigenvalue weighted by molar-refractivity contribution is -0.00382. The summed E-state index contributed by atoms with van der Waals surface area (Å²) in [7, 11) is 0. The van der Waals surface area contributed by atoms with Gasteiger partial charge in [0.05, 0.1) is 0 Å². The third kappa shape index (κ3) is 3.66. The predicted molar refractivity (Wildman–Crippen MR) is 190 cm³/mol. The van der Waals surface area contributed by atoms with Gasteiger partial charge in [-0.25, -0.2) is 0 Å². The monoisotopic (exact) mass is 580 g/mol. The molecule has 4 saturated carbocycles. The van der Waals surface area contributed by atoms with Crippen LogP contribution in [0.5, 0.6) is 0 Å². The highest BCUT2D eigenvalue weighted by Gasteiger charge is 2.52. The molecule has 220 valence electrons. The van der Waals surface area contributed by atoms with Gasteiger partial charge in [-0.2, -0.15) is 0 Å². The molecule has 4 fully saturated rings.